The van der Waals surface area contributed by atoms with Gasteiger partial charge in [0.25, 0.3) is 5.56 Å². The highest BCUT2D eigenvalue weighted by atomic mass is 32.2. The molecule has 168 valence electrons. The van der Waals surface area contributed by atoms with Gasteiger partial charge in [-0.3, -0.25) is 9.59 Å². The molecule has 0 unspecified atom stereocenters. The van der Waals surface area contributed by atoms with E-state index in [-0.39, 0.29) is 17.2 Å². The average Bonchev–Trinajstić information content (AvgIpc) is 3.39. The van der Waals surface area contributed by atoms with Crippen LogP contribution in [-0.4, -0.2) is 40.7 Å². The number of sulfonamides is 1. The van der Waals surface area contributed by atoms with Gasteiger partial charge in [-0.2, -0.15) is 4.31 Å². The van der Waals surface area contributed by atoms with Gasteiger partial charge >= 0.3 is 0 Å². The number of carbonyl (C=O) groups is 1. The number of benzene rings is 1. The third-order valence-electron chi connectivity index (χ3n) is 6.00. The van der Waals surface area contributed by atoms with E-state index in [1.54, 1.807) is 0 Å². The van der Waals surface area contributed by atoms with E-state index in [4.69, 9.17) is 0 Å². The maximum atomic E-state index is 13.1. The highest BCUT2D eigenvalue weighted by molar-refractivity contribution is 7.89. The molecule has 4 rings (SSSR count). The van der Waals surface area contributed by atoms with E-state index < -0.39 is 15.6 Å². The fraction of sp³-hybridized carbons (Fsp3) is 0.333. The molecule has 1 fully saturated rings. The second-order valence-corrected chi connectivity index (χ2v) is 10.3. The van der Waals surface area contributed by atoms with Crippen molar-refractivity contribution in [3.05, 3.63) is 81.5 Å². The second kappa shape index (κ2) is 8.52. The normalized spacial score (nSPS) is 14.7. The number of hydrogen-bond donors (Lipinski definition) is 0. The molecule has 1 saturated heterocycles. The van der Waals surface area contributed by atoms with Crippen LogP contribution in [-0.2, 0) is 16.6 Å². The lowest BCUT2D eigenvalue weighted by Gasteiger charge is -2.16. The van der Waals surface area contributed by atoms with Gasteiger partial charge in [-0.15, -0.1) is 0 Å². The standard InChI is InChI=1S/C24H27N3O4S/c1-17-6-8-20(9-7-17)27-18(2)14-22(19(27)3)23(28)16-25-15-21(10-11-24(25)29)32(30,31)26-12-4-5-13-26/h6-11,14-15H,4-5,12-13,16H2,1-3H3. The third kappa shape index (κ3) is 4.08. The first-order valence-electron chi connectivity index (χ1n) is 10.7. The molecular weight excluding hydrogens is 426 g/mol. The van der Waals surface area contributed by atoms with Gasteiger partial charge < -0.3 is 9.13 Å². The van der Waals surface area contributed by atoms with Gasteiger partial charge in [-0.25, -0.2) is 8.42 Å². The zero-order valence-electron chi connectivity index (χ0n) is 18.5. The van der Waals surface area contributed by atoms with Crippen molar-refractivity contribution < 1.29 is 13.2 Å². The Kier molecular flexibility index (Phi) is 5.92. The van der Waals surface area contributed by atoms with Crippen LogP contribution in [0.15, 0.2) is 58.4 Å². The summed E-state index contributed by atoms with van der Waals surface area (Å²) in [6.45, 7) is 6.55. The number of pyridine rings is 1. The number of aromatic nitrogens is 2. The molecule has 3 aromatic rings. The Labute approximate surface area is 188 Å². The summed E-state index contributed by atoms with van der Waals surface area (Å²) in [5.74, 6) is -0.241. The van der Waals surface area contributed by atoms with Gasteiger partial charge in [0.2, 0.25) is 10.0 Å². The third-order valence-corrected chi connectivity index (χ3v) is 7.88. The molecule has 7 nitrogen and oxygen atoms in total. The number of nitrogens with zero attached hydrogens (tertiary/aromatic N) is 3. The van der Waals surface area contributed by atoms with E-state index in [1.165, 1.54) is 27.2 Å². The van der Waals surface area contributed by atoms with Gasteiger partial charge in [-0.05, 0) is 57.9 Å². The molecule has 0 atom stereocenters. The molecule has 0 saturated carbocycles. The molecule has 0 N–H and O–H groups in total. The molecule has 1 aromatic carbocycles. The van der Waals surface area contributed by atoms with Crippen molar-refractivity contribution in [1.82, 2.24) is 13.4 Å². The number of hydrogen-bond acceptors (Lipinski definition) is 4. The molecule has 1 aliphatic rings. The number of Topliss-reactive ketones (excluding diaryl/α,β-unsaturated/α-hetero) is 1. The molecule has 32 heavy (non-hydrogen) atoms. The van der Waals surface area contributed by atoms with Crippen LogP contribution >= 0.6 is 0 Å². The SMILES string of the molecule is Cc1ccc(-n2c(C)cc(C(=O)Cn3cc(S(=O)(=O)N4CCCC4)ccc3=O)c2C)cc1. The fourth-order valence-corrected chi connectivity index (χ4v) is 5.78. The first kappa shape index (κ1) is 22.2. The first-order chi connectivity index (χ1) is 15.2. The predicted molar refractivity (Wildman–Crippen MR) is 123 cm³/mol. The van der Waals surface area contributed by atoms with Crippen LogP contribution in [0.5, 0.6) is 0 Å². The number of rotatable bonds is 6. The molecule has 2 aromatic heterocycles. The lowest BCUT2D eigenvalue weighted by molar-refractivity contribution is 0.0970. The summed E-state index contributed by atoms with van der Waals surface area (Å²) in [4.78, 5) is 25.6. The minimum absolute atomic E-state index is 0.0388. The summed E-state index contributed by atoms with van der Waals surface area (Å²) >= 11 is 0. The zero-order chi connectivity index (χ0) is 23.0. The molecule has 1 aliphatic heterocycles. The van der Waals surface area contributed by atoms with Crippen molar-refractivity contribution in [1.29, 1.82) is 0 Å². The van der Waals surface area contributed by atoms with Gasteiger partial charge in [0.15, 0.2) is 5.78 Å². The summed E-state index contributed by atoms with van der Waals surface area (Å²) < 4.78 is 30.3. The Morgan fingerprint density at radius 2 is 1.62 bits per heavy atom. The second-order valence-electron chi connectivity index (χ2n) is 8.32. The highest BCUT2D eigenvalue weighted by Crippen LogP contribution is 2.23. The van der Waals surface area contributed by atoms with Crippen LogP contribution in [0, 0.1) is 20.8 Å². The molecule has 8 heteroatoms. The van der Waals surface area contributed by atoms with Crippen LogP contribution < -0.4 is 5.56 Å². The Bertz CT molecular complexity index is 1330. The summed E-state index contributed by atoms with van der Waals surface area (Å²) in [6.07, 6.45) is 2.94. The first-order valence-corrected chi connectivity index (χ1v) is 12.1. The van der Waals surface area contributed by atoms with E-state index >= 15 is 0 Å². The van der Waals surface area contributed by atoms with Crippen molar-refractivity contribution in [3.63, 3.8) is 0 Å². The largest absolute Gasteiger partial charge is 0.318 e. The quantitative estimate of drug-likeness (QED) is 0.537. The molecule has 0 bridgehead atoms. The molecule has 3 heterocycles. The molecule has 0 aliphatic carbocycles. The van der Waals surface area contributed by atoms with Gasteiger partial charge in [0, 0.05) is 48.0 Å². The summed E-state index contributed by atoms with van der Waals surface area (Å²) in [5, 5.41) is 0. The maximum Gasteiger partial charge on any atom is 0.251 e. The monoisotopic (exact) mass is 453 g/mol. The number of carbonyl (C=O) groups excluding carboxylic acids is 1. The predicted octanol–water partition coefficient (Wildman–Crippen LogP) is 3.23. The van der Waals surface area contributed by atoms with Crippen LogP contribution in [0.4, 0.5) is 0 Å². The maximum absolute atomic E-state index is 13.1. The van der Waals surface area contributed by atoms with Crippen molar-refractivity contribution in [3.8, 4) is 5.69 Å². The van der Waals surface area contributed by atoms with Crippen molar-refractivity contribution in [2.45, 2.75) is 45.1 Å². The average molecular weight is 454 g/mol. The van der Waals surface area contributed by atoms with E-state index in [9.17, 15) is 18.0 Å². The van der Waals surface area contributed by atoms with E-state index in [0.717, 1.165) is 35.5 Å². The van der Waals surface area contributed by atoms with Gasteiger partial charge in [-0.1, -0.05) is 17.7 Å². The Hall–Kier alpha value is -2.97. The smallest absolute Gasteiger partial charge is 0.251 e. The molecule has 0 amide bonds. The van der Waals surface area contributed by atoms with E-state index in [0.29, 0.717) is 18.7 Å². The number of ketones is 1. The Morgan fingerprint density at radius 3 is 2.28 bits per heavy atom. The molecular formula is C24H27N3O4S. The van der Waals surface area contributed by atoms with Crippen LogP contribution in [0.25, 0.3) is 5.69 Å². The van der Waals surface area contributed by atoms with E-state index in [2.05, 4.69) is 0 Å². The number of aryl methyl sites for hydroxylation is 2. The zero-order valence-corrected chi connectivity index (χ0v) is 19.4. The molecule has 0 radical (unpaired) electrons. The molecule has 0 spiro atoms. The Morgan fingerprint density at radius 1 is 0.969 bits per heavy atom. The van der Waals surface area contributed by atoms with Gasteiger partial charge in [0.05, 0.1) is 11.4 Å². The van der Waals surface area contributed by atoms with Gasteiger partial charge in [0.1, 0.15) is 0 Å². The Balaban J connectivity index is 1.64. The minimum atomic E-state index is -3.67. The lowest BCUT2D eigenvalue weighted by Crippen LogP contribution is -2.30. The van der Waals surface area contributed by atoms with Crippen LogP contribution in [0.3, 0.4) is 0 Å². The van der Waals surface area contributed by atoms with Crippen LogP contribution in [0.1, 0.15) is 40.2 Å². The van der Waals surface area contributed by atoms with Crippen molar-refractivity contribution >= 4 is 15.8 Å². The summed E-state index contributed by atoms with van der Waals surface area (Å²) in [7, 11) is -3.67. The van der Waals surface area contributed by atoms with Crippen molar-refractivity contribution in [2.75, 3.05) is 13.1 Å². The fourth-order valence-electron chi connectivity index (χ4n) is 4.24. The minimum Gasteiger partial charge on any atom is -0.318 e. The van der Waals surface area contributed by atoms with Crippen LogP contribution in [0.2, 0.25) is 0 Å². The van der Waals surface area contributed by atoms with E-state index in [1.807, 2.05) is 55.7 Å². The lowest BCUT2D eigenvalue weighted by atomic mass is 10.1. The summed E-state index contributed by atoms with van der Waals surface area (Å²) in [5.41, 5.74) is 3.91. The van der Waals surface area contributed by atoms with Crippen molar-refractivity contribution in [2.24, 2.45) is 0 Å². The summed E-state index contributed by atoms with van der Waals surface area (Å²) in [6, 6.07) is 12.4. The topological polar surface area (TPSA) is 81.4 Å². The highest BCUT2D eigenvalue weighted by Gasteiger charge is 2.28.